The molecular formula is C20H24O. The molecule has 0 unspecified atom stereocenters. The lowest BCUT2D eigenvalue weighted by Crippen LogP contribution is -1.96. The van der Waals surface area contributed by atoms with E-state index in [2.05, 4.69) is 52.0 Å². The topological polar surface area (TPSA) is 20.2 Å². The molecule has 0 aromatic heterocycles. The lowest BCUT2D eigenvalue weighted by Gasteiger charge is -2.13. The first kappa shape index (κ1) is 15.4. The highest BCUT2D eigenvalue weighted by atomic mass is 16.3. The first-order chi connectivity index (χ1) is 9.79. The number of benzene rings is 2. The maximum absolute atomic E-state index is 10.6. The van der Waals surface area contributed by atoms with Crippen LogP contribution in [0.1, 0.15) is 44.5 Å². The van der Waals surface area contributed by atoms with Crippen molar-refractivity contribution in [1.29, 1.82) is 0 Å². The fourth-order valence-electron chi connectivity index (χ4n) is 3.21. The summed E-state index contributed by atoms with van der Waals surface area (Å²) in [7, 11) is 0. The van der Waals surface area contributed by atoms with Crippen molar-refractivity contribution in [2.75, 3.05) is 0 Å². The highest BCUT2D eigenvalue weighted by Crippen LogP contribution is 2.27. The van der Waals surface area contributed by atoms with Crippen LogP contribution in [0.15, 0.2) is 24.3 Å². The molecule has 2 aromatic carbocycles. The van der Waals surface area contributed by atoms with Gasteiger partial charge in [0.2, 0.25) is 0 Å². The summed E-state index contributed by atoms with van der Waals surface area (Å²) < 4.78 is 0. The molecule has 1 N–H and O–H groups in total. The van der Waals surface area contributed by atoms with Gasteiger partial charge in [0, 0.05) is 5.56 Å². The van der Waals surface area contributed by atoms with Crippen LogP contribution in [0.4, 0.5) is 0 Å². The zero-order valence-electron chi connectivity index (χ0n) is 13.8. The largest absolute Gasteiger partial charge is 0.507 e. The van der Waals surface area contributed by atoms with E-state index < -0.39 is 0 Å². The molecule has 0 bridgehead atoms. The minimum absolute atomic E-state index is 0.347. The van der Waals surface area contributed by atoms with Crippen molar-refractivity contribution < 1.29 is 5.11 Å². The van der Waals surface area contributed by atoms with Gasteiger partial charge in [0.1, 0.15) is 5.76 Å². The Morgan fingerprint density at radius 3 is 1.52 bits per heavy atom. The molecule has 0 aliphatic rings. The number of rotatable bonds is 2. The highest BCUT2D eigenvalue weighted by Gasteiger charge is 2.10. The van der Waals surface area contributed by atoms with Crippen LogP contribution in [0.5, 0.6) is 0 Å². The molecule has 0 saturated heterocycles. The second-order valence-electron chi connectivity index (χ2n) is 6.12. The SMILES string of the molecule is Cc1cc(C)c(/C=C(\O)c2c(C)cc(C)cc2C)c(C)c1. The molecule has 0 saturated carbocycles. The van der Waals surface area contributed by atoms with Gasteiger partial charge in [0.15, 0.2) is 0 Å². The van der Waals surface area contributed by atoms with Gasteiger partial charge in [-0.05, 0) is 75.4 Å². The molecule has 0 spiro atoms. The zero-order valence-corrected chi connectivity index (χ0v) is 13.8. The molecule has 0 heterocycles. The molecule has 0 radical (unpaired) electrons. The Balaban J connectivity index is 2.58. The Labute approximate surface area is 128 Å². The van der Waals surface area contributed by atoms with Crippen molar-refractivity contribution in [3.05, 3.63) is 68.8 Å². The number of hydrogen-bond donors (Lipinski definition) is 1. The predicted octanol–water partition coefficient (Wildman–Crippen LogP) is 5.59. The Morgan fingerprint density at radius 2 is 1.10 bits per heavy atom. The van der Waals surface area contributed by atoms with Gasteiger partial charge in [0.25, 0.3) is 0 Å². The Kier molecular flexibility index (Phi) is 4.22. The van der Waals surface area contributed by atoms with Crippen LogP contribution in [-0.2, 0) is 0 Å². The molecule has 1 nitrogen and oxygen atoms in total. The van der Waals surface area contributed by atoms with Crippen LogP contribution >= 0.6 is 0 Å². The van der Waals surface area contributed by atoms with E-state index in [1.807, 2.05) is 19.9 Å². The second-order valence-corrected chi connectivity index (χ2v) is 6.12. The molecule has 110 valence electrons. The van der Waals surface area contributed by atoms with E-state index in [9.17, 15) is 5.11 Å². The summed E-state index contributed by atoms with van der Waals surface area (Å²) in [5, 5.41) is 10.6. The summed E-state index contributed by atoms with van der Waals surface area (Å²) in [6, 6.07) is 8.53. The van der Waals surface area contributed by atoms with Crippen molar-refractivity contribution in [3.63, 3.8) is 0 Å². The van der Waals surface area contributed by atoms with Gasteiger partial charge in [0.05, 0.1) is 0 Å². The van der Waals surface area contributed by atoms with Crippen molar-refractivity contribution in [2.45, 2.75) is 41.5 Å². The van der Waals surface area contributed by atoms with Crippen LogP contribution in [-0.4, -0.2) is 5.11 Å². The lowest BCUT2D eigenvalue weighted by atomic mass is 9.94. The third kappa shape index (κ3) is 3.18. The zero-order chi connectivity index (χ0) is 15.7. The smallest absolute Gasteiger partial charge is 0.123 e. The van der Waals surface area contributed by atoms with Gasteiger partial charge in [-0.3, -0.25) is 0 Å². The van der Waals surface area contributed by atoms with Crippen molar-refractivity contribution in [2.24, 2.45) is 0 Å². The second kappa shape index (κ2) is 5.77. The van der Waals surface area contributed by atoms with E-state index in [0.717, 1.165) is 22.3 Å². The first-order valence-corrected chi connectivity index (χ1v) is 7.36. The van der Waals surface area contributed by atoms with Crippen LogP contribution < -0.4 is 0 Å². The van der Waals surface area contributed by atoms with Gasteiger partial charge in [-0.15, -0.1) is 0 Å². The molecule has 21 heavy (non-hydrogen) atoms. The number of aliphatic hydroxyl groups excluding tert-OH is 1. The summed E-state index contributed by atoms with van der Waals surface area (Å²) in [5.41, 5.74) is 9.15. The molecule has 1 heteroatoms. The molecule has 2 aromatic rings. The van der Waals surface area contributed by atoms with Crippen molar-refractivity contribution in [1.82, 2.24) is 0 Å². The monoisotopic (exact) mass is 280 g/mol. The summed E-state index contributed by atoms with van der Waals surface area (Å²) in [6.07, 6.45) is 1.90. The third-order valence-corrected chi connectivity index (χ3v) is 3.95. The van der Waals surface area contributed by atoms with Crippen molar-refractivity contribution >= 4 is 11.8 Å². The van der Waals surface area contributed by atoms with E-state index in [1.54, 1.807) is 0 Å². The van der Waals surface area contributed by atoms with Crippen LogP contribution in [0.3, 0.4) is 0 Å². The standard InChI is InChI=1S/C20H24O/c1-12-7-14(3)18(15(4)8-12)11-19(21)20-16(5)9-13(2)10-17(20)6/h7-11,21H,1-6H3/b19-11-. The summed E-state index contributed by atoms with van der Waals surface area (Å²) in [5.74, 6) is 0.347. The Morgan fingerprint density at radius 1 is 0.714 bits per heavy atom. The molecule has 0 fully saturated rings. The first-order valence-electron chi connectivity index (χ1n) is 7.36. The van der Waals surface area contributed by atoms with Crippen LogP contribution in [0.25, 0.3) is 11.8 Å². The van der Waals surface area contributed by atoms with Gasteiger partial charge >= 0.3 is 0 Å². The third-order valence-electron chi connectivity index (χ3n) is 3.95. The predicted molar refractivity (Wildman–Crippen MR) is 91.8 cm³/mol. The Bertz CT molecular complexity index is 675. The molecular weight excluding hydrogens is 256 g/mol. The van der Waals surface area contributed by atoms with E-state index in [0.29, 0.717) is 5.76 Å². The minimum Gasteiger partial charge on any atom is -0.507 e. The van der Waals surface area contributed by atoms with Crippen LogP contribution in [0, 0.1) is 41.5 Å². The van der Waals surface area contributed by atoms with E-state index in [-0.39, 0.29) is 0 Å². The fraction of sp³-hybridized carbons (Fsp3) is 0.300. The lowest BCUT2D eigenvalue weighted by molar-refractivity contribution is 0.514. The van der Waals surface area contributed by atoms with Gasteiger partial charge < -0.3 is 5.11 Å². The van der Waals surface area contributed by atoms with Crippen LogP contribution in [0.2, 0.25) is 0 Å². The van der Waals surface area contributed by atoms with Crippen molar-refractivity contribution in [3.8, 4) is 0 Å². The summed E-state index contributed by atoms with van der Waals surface area (Å²) in [4.78, 5) is 0. The fourth-order valence-corrected chi connectivity index (χ4v) is 3.21. The summed E-state index contributed by atoms with van der Waals surface area (Å²) in [6.45, 7) is 12.5. The highest BCUT2D eigenvalue weighted by molar-refractivity contribution is 5.81. The quantitative estimate of drug-likeness (QED) is 0.561. The molecule has 0 aliphatic heterocycles. The van der Waals surface area contributed by atoms with E-state index in [1.165, 1.54) is 22.3 Å². The molecule has 0 aliphatic carbocycles. The maximum atomic E-state index is 10.6. The molecule has 0 amide bonds. The molecule has 0 atom stereocenters. The van der Waals surface area contributed by atoms with Gasteiger partial charge in [-0.1, -0.05) is 35.4 Å². The van der Waals surface area contributed by atoms with E-state index in [4.69, 9.17) is 0 Å². The van der Waals surface area contributed by atoms with Gasteiger partial charge in [-0.25, -0.2) is 0 Å². The molecule has 2 rings (SSSR count). The average Bonchev–Trinajstić information content (AvgIpc) is 2.32. The number of hydrogen-bond acceptors (Lipinski definition) is 1. The number of aliphatic hydroxyl groups is 1. The normalized spacial score (nSPS) is 11.8. The maximum Gasteiger partial charge on any atom is 0.123 e. The number of aryl methyl sites for hydroxylation is 6. The average molecular weight is 280 g/mol. The Hall–Kier alpha value is -2.02. The van der Waals surface area contributed by atoms with E-state index >= 15 is 0 Å². The van der Waals surface area contributed by atoms with Gasteiger partial charge in [-0.2, -0.15) is 0 Å². The minimum atomic E-state index is 0.347. The summed E-state index contributed by atoms with van der Waals surface area (Å²) >= 11 is 0.